The number of rotatable bonds is 3. The summed E-state index contributed by atoms with van der Waals surface area (Å²) in [5, 5.41) is 10.2. The molecule has 0 saturated carbocycles. The van der Waals surface area contributed by atoms with Crippen molar-refractivity contribution < 1.29 is 4.79 Å². The van der Waals surface area contributed by atoms with Gasteiger partial charge in [0, 0.05) is 22.9 Å². The first-order chi connectivity index (χ1) is 11.8. The minimum absolute atomic E-state index is 0.176. The zero-order chi connectivity index (χ0) is 16.4. The second-order valence-electron chi connectivity index (χ2n) is 5.93. The Balaban J connectivity index is 1.54. The molecule has 0 aliphatic carbocycles. The molecule has 24 heavy (non-hydrogen) atoms. The first kappa shape index (κ1) is 15.2. The fraction of sp³-hybridized carbons (Fsp3) is 0.278. The number of benzene rings is 1. The van der Waals surface area contributed by atoms with Crippen molar-refractivity contribution in [2.45, 2.75) is 18.8 Å². The number of amides is 1. The Labute approximate surface area is 144 Å². The SMILES string of the molecule is O=C(Nc1cccc2cccnc12)c1csc(C2CCNCC2)n1. The van der Waals surface area contributed by atoms with Gasteiger partial charge in [0.2, 0.25) is 0 Å². The fourth-order valence-corrected chi connectivity index (χ4v) is 4.01. The largest absolute Gasteiger partial charge is 0.319 e. The lowest BCUT2D eigenvalue weighted by Crippen LogP contribution is -2.26. The van der Waals surface area contributed by atoms with E-state index in [0.29, 0.717) is 11.6 Å². The molecule has 4 rings (SSSR count). The Hall–Kier alpha value is -2.31. The molecule has 5 nitrogen and oxygen atoms in total. The van der Waals surface area contributed by atoms with Gasteiger partial charge in [-0.05, 0) is 38.1 Å². The van der Waals surface area contributed by atoms with Crippen molar-refractivity contribution in [3.8, 4) is 0 Å². The third kappa shape index (κ3) is 3.02. The summed E-state index contributed by atoms with van der Waals surface area (Å²) >= 11 is 1.58. The summed E-state index contributed by atoms with van der Waals surface area (Å²) in [6.45, 7) is 2.04. The third-order valence-corrected chi connectivity index (χ3v) is 5.33. The van der Waals surface area contributed by atoms with Crippen molar-refractivity contribution in [3.05, 3.63) is 52.6 Å². The molecule has 1 amide bonds. The molecule has 0 bridgehead atoms. The number of anilines is 1. The normalized spacial score (nSPS) is 15.5. The van der Waals surface area contributed by atoms with Gasteiger partial charge in [-0.15, -0.1) is 11.3 Å². The number of hydrogen-bond acceptors (Lipinski definition) is 5. The number of nitrogens with one attached hydrogen (secondary N) is 2. The molecule has 0 atom stereocenters. The highest BCUT2D eigenvalue weighted by molar-refractivity contribution is 7.10. The first-order valence-electron chi connectivity index (χ1n) is 8.12. The smallest absolute Gasteiger partial charge is 0.275 e. The molecule has 1 saturated heterocycles. The van der Waals surface area contributed by atoms with Crippen molar-refractivity contribution in [1.82, 2.24) is 15.3 Å². The monoisotopic (exact) mass is 338 g/mol. The standard InChI is InChI=1S/C18H18N4OS/c23-17(15-11-24-18(22-15)13-6-9-19-10-7-13)21-14-5-1-3-12-4-2-8-20-16(12)14/h1-5,8,11,13,19H,6-7,9-10H2,(H,21,23). The molecule has 1 aromatic carbocycles. The van der Waals surface area contributed by atoms with Gasteiger partial charge in [0.15, 0.2) is 0 Å². The summed E-state index contributed by atoms with van der Waals surface area (Å²) in [6, 6.07) is 9.64. The maximum Gasteiger partial charge on any atom is 0.275 e. The van der Waals surface area contributed by atoms with E-state index in [9.17, 15) is 4.79 Å². The Morgan fingerprint density at radius 1 is 1.21 bits per heavy atom. The number of para-hydroxylation sites is 1. The molecule has 2 aromatic heterocycles. The molecule has 6 heteroatoms. The van der Waals surface area contributed by atoms with Crippen molar-refractivity contribution in [2.75, 3.05) is 18.4 Å². The van der Waals surface area contributed by atoms with Gasteiger partial charge in [-0.3, -0.25) is 9.78 Å². The number of thiazole rings is 1. The van der Waals surface area contributed by atoms with Gasteiger partial charge in [-0.1, -0.05) is 18.2 Å². The highest BCUT2D eigenvalue weighted by Crippen LogP contribution is 2.28. The van der Waals surface area contributed by atoms with E-state index < -0.39 is 0 Å². The third-order valence-electron chi connectivity index (χ3n) is 4.32. The van der Waals surface area contributed by atoms with Gasteiger partial charge >= 0.3 is 0 Å². The van der Waals surface area contributed by atoms with Gasteiger partial charge in [-0.2, -0.15) is 0 Å². The van der Waals surface area contributed by atoms with Crippen LogP contribution in [0.5, 0.6) is 0 Å². The van der Waals surface area contributed by atoms with Gasteiger partial charge < -0.3 is 10.6 Å². The summed E-state index contributed by atoms with van der Waals surface area (Å²) in [4.78, 5) is 21.5. The van der Waals surface area contributed by atoms with Gasteiger partial charge in [0.25, 0.3) is 5.91 Å². The van der Waals surface area contributed by atoms with Crippen LogP contribution in [0.4, 0.5) is 5.69 Å². The molecule has 2 N–H and O–H groups in total. The number of pyridine rings is 1. The van der Waals surface area contributed by atoms with Crippen LogP contribution in [-0.4, -0.2) is 29.0 Å². The predicted octanol–water partition coefficient (Wildman–Crippen LogP) is 3.41. The van der Waals surface area contributed by atoms with Crippen LogP contribution in [0, 0.1) is 0 Å². The molecular formula is C18H18N4OS. The number of piperidine rings is 1. The highest BCUT2D eigenvalue weighted by atomic mass is 32.1. The topological polar surface area (TPSA) is 66.9 Å². The number of nitrogens with zero attached hydrogens (tertiary/aromatic N) is 2. The molecule has 3 aromatic rings. The maximum absolute atomic E-state index is 12.5. The quantitative estimate of drug-likeness (QED) is 0.768. The molecule has 1 aliphatic heterocycles. The van der Waals surface area contributed by atoms with Gasteiger partial charge in [-0.25, -0.2) is 4.98 Å². The second-order valence-corrected chi connectivity index (χ2v) is 6.82. The van der Waals surface area contributed by atoms with E-state index >= 15 is 0 Å². The van der Waals surface area contributed by atoms with Crippen LogP contribution < -0.4 is 10.6 Å². The van der Waals surface area contributed by atoms with E-state index in [0.717, 1.165) is 47.5 Å². The molecule has 1 aliphatic rings. The van der Waals surface area contributed by atoms with E-state index in [2.05, 4.69) is 20.6 Å². The van der Waals surface area contributed by atoms with Crippen molar-refractivity contribution in [1.29, 1.82) is 0 Å². The Kier molecular flexibility index (Phi) is 4.23. The number of carbonyl (C=O) groups is 1. The summed E-state index contributed by atoms with van der Waals surface area (Å²) in [5.74, 6) is 0.293. The van der Waals surface area contributed by atoms with Crippen LogP contribution in [0.15, 0.2) is 41.9 Å². The fourth-order valence-electron chi connectivity index (χ4n) is 3.04. The highest BCUT2D eigenvalue weighted by Gasteiger charge is 2.20. The van der Waals surface area contributed by atoms with Crippen LogP contribution in [0.3, 0.4) is 0 Å². The number of fused-ring (bicyclic) bond motifs is 1. The molecule has 122 valence electrons. The van der Waals surface area contributed by atoms with Crippen molar-refractivity contribution in [2.24, 2.45) is 0 Å². The van der Waals surface area contributed by atoms with Crippen LogP contribution in [0.25, 0.3) is 10.9 Å². The van der Waals surface area contributed by atoms with Crippen LogP contribution in [0.1, 0.15) is 34.3 Å². The van der Waals surface area contributed by atoms with Gasteiger partial charge in [0.05, 0.1) is 16.2 Å². The lowest BCUT2D eigenvalue weighted by atomic mass is 9.99. The Morgan fingerprint density at radius 3 is 2.92 bits per heavy atom. The summed E-state index contributed by atoms with van der Waals surface area (Å²) in [7, 11) is 0. The molecule has 0 unspecified atom stereocenters. The summed E-state index contributed by atoms with van der Waals surface area (Å²) in [5.41, 5.74) is 2.00. The Bertz CT molecular complexity index is 865. The maximum atomic E-state index is 12.5. The number of hydrogen-bond donors (Lipinski definition) is 2. The molecular weight excluding hydrogens is 320 g/mol. The van der Waals surface area contributed by atoms with Crippen LogP contribution >= 0.6 is 11.3 Å². The van der Waals surface area contributed by atoms with E-state index in [1.165, 1.54) is 0 Å². The Morgan fingerprint density at radius 2 is 2.04 bits per heavy atom. The van der Waals surface area contributed by atoms with Crippen LogP contribution in [0.2, 0.25) is 0 Å². The average Bonchev–Trinajstić information content (AvgIpc) is 3.13. The molecule has 0 spiro atoms. The second kappa shape index (κ2) is 6.67. The molecule has 0 radical (unpaired) electrons. The molecule has 3 heterocycles. The lowest BCUT2D eigenvalue weighted by molar-refractivity contribution is 0.102. The predicted molar refractivity (Wildman–Crippen MR) is 96.7 cm³/mol. The summed E-state index contributed by atoms with van der Waals surface area (Å²) < 4.78 is 0. The first-order valence-corrected chi connectivity index (χ1v) is 9.00. The minimum atomic E-state index is -0.176. The zero-order valence-electron chi connectivity index (χ0n) is 13.2. The minimum Gasteiger partial charge on any atom is -0.319 e. The average molecular weight is 338 g/mol. The number of aromatic nitrogens is 2. The lowest BCUT2D eigenvalue weighted by Gasteiger charge is -2.20. The zero-order valence-corrected chi connectivity index (χ0v) is 14.0. The van der Waals surface area contributed by atoms with Crippen molar-refractivity contribution in [3.63, 3.8) is 0 Å². The van der Waals surface area contributed by atoms with E-state index in [4.69, 9.17) is 0 Å². The van der Waals surface area contributed by atoms with E-state index in [1.807, 2.05) is 35.7 Å². The van der Waals surface area contributed by atoms with E-state index in [1.54, 1.807) is 17.5 Å². The summed E-state index contributed by atoms with van der Waals surface area (Å²) in [6.07, 6.45) is 3.90. The van der Waals surface area contributed by atoms with Crippen molar-refractivity contribution >= 4 is 33.8 Å². The van der Waals surface area contributed by atoms with E-state index in [-0.39, 0.29) is 5.91 Å². The van der Waals surface area contributed by atoms with Gasteiger partial charge in [0.1, 0.15) is 5.69 Å². The van der Waals surface area contributed by atoms with Crippen LogP contribution in [-0.2, 0) is 0 Å². The molecule has 1 fully saturated rings. The number of carbonyl (C=O) groups excluding carboxylic acids is 1.